The Bertz CT molecular complexity index is 2290. The van der Waals surface area contributed by atoms with Crippen molar-refractivity contribution in [3.63, 3.8) is 0 Å². The van der Waals surface area contributed by atoms with Gasteiger partial charge in [-0.1, -0.05) is 253 Å². The molecule has 0 aliphatic rings. The molecule has 0 rings (SSSR count). The summed E-state index contributed by atoms with van der Waals surface area (Å²) in [5, 5.41) is 10.6. The molecule has 5 atom stereocenters. The summed E-state index contributed by atoms with van der Waals surface area (Å²) in [5.74, 6) is -2.25. The third-order valence-corrected chi connectivity index (χ3v) is 17.6. The van der Waals surface area contributed by atoms with E-state index in [0.29, 0.717) is 32.1 Å². The lowest BCUT2D eigenvalue weighted by molar-refractivity contribution is -0.161. The first-order valence-corrected chi connectivity index (χ1v) is 41.1. The van der Waals surface area contributed by atoms with Crippen molar-refractivity contribution in [2.75, 3.05) is 39.6 Å². The van der Waals surface area contributed by atoms with Crippen LogP contribution in [0.3, 0.4) is 0 Å². The van der Waals surface area contributed by atoms with E-state index in [0.717, 1.165) is 173 Å². The summed E-state index contributed by atoms with van der Waals surface area (Å²) in [7, 11) is -9.97. The smallest absolute Gasteiger partial charge is 0.462 e. The average molecular weight is 1420 g/mol. The van der Waals surface area contributed by atoms with Crippen molar-refractivity contribution < 1.29 is 80.2 Å². The molecule has 98 heavy (non-hydrogen) atoms. The van der Waals surface area contributed by atoms with Crippen molar-refractivity contribution >= 4 is 39.5 Å². The minimum atomic E-state index is -4.99. The Morgan fingerprint density at radius 3 is 0.878 bits per heavy atom. The fourth-order valence-corrected chi connectivity index (χ4v) is 11.5. The minimum Gasteiger partial charge on any atom is -0.462 e. The summed E-state index contributed by atoms with van der Waals surface area (Å²) in [5.41, 5.74) is 0. The van der Waals surface area contributed by atoms with Gasteiger partial charge in [0, 0.05) is 25.7 Å². The number of carbonyl (C=O) groups excluding carboxylic acids is 4. The highest BCUT2D eigenvalue weighted by molar-refractivity contribution is 7.47. The normalized spacial score (nSPS) is 14.6. The summed E-state index contributed by atoms with van der Waals surface area (Å²) in [6, 6.07) is 0. The van der Waals surface area contributed by atoms with E-state index in [1.165, 1.54) is 51.4 Å². The number of phosphoric ester groups is 2. The van der Waals surface area contributed by atoms with Crippen LogP contribution in [0.1, 0.15) is 310 Å². The predicted molar refractivity (Wildman–Crippen MR) is 399 cm³/mol. The molecular weight excluding hydrogens is 1280 g/mol. The predicted octanol–water partition coefficient (Wildman–Crippen LogP) is 21.8. The summed E-state index contributed by atoms with van der Waals surface area (Å²) >= 11 is 0. The maximum absolute atomic E-state index is 13.1. The van der Waals surface area contributed by atoms with Gasteiger partial charge in [-0.3, -0.25) is 37.3 Å². The first-order valence-electron chi connectivity index (χ1n) is 38.1. The van der Waals surface area contributed by atoms with Crippen LogP contribution >= 0.6 is 15.6 Å². The average Bonchev–Trinajstić information content (AvgIpc) is 0.980. The molecule has 0 aliphatic carbocycles. The van der Waals surface area contributed by atoms with E-state index in [-0.39, 0.29) is 25.7 Å². The second kappa shape index (κ2) is 71.1. The molecule has 564 valence electrons. The number of phosphoric acid groups is 2. The molecule has 0 saturated heterocycles. The lowest BCUT2D eigenvalue weighted by Crippen LogP contribution is -2.30. The molecular formula is C79H136O17P2. The Morgan fingerprint density at radius 1 is 0.296 bits per heavy atom. The molecule has 0 saturated carbocycles. The number of carbonyl (C=O) groups is 4. The van der Waals surface area contributed by atoms with Crippen LogP contribution in [-0.4, -0.2) is 96.7 Å². The lowest BCUT2D eigenvalue weighted by Gasteiger charge is -2.21. The third-order valence-electron chi connectivity index (χ3n) is 15.7. The SMILES string of the molecule is CC/C=C\C/C=C\C/C=C\C/C=C\CCCCC(=O)OC(COC(=O)CCCCCCCCC/C=C\C/C=C\C/C=C\CC)COP(=O)(O)OCC(O)COP(=O)(O)OCC(COC(=O)CCCCCCC/C=C\CCCCCCCC)OC(=O)CCCCCCC/C=C\CCCC. The van der Waals surface area contributed by atoms with E-state index in [4.69, 9.17) is 37.0 Å². The third kappa shape index (κ3) is 70.2. The molecule has 19 heteroatoms. The van der Waals surface area contributed by atoms with Crippen molar-refractivity contribution in [2.45, 2.75) is 329 Å². The zero-order chi connectivity index (χ0) is 71.8. The van der Waals surface area contributed by atoms with Gasteiger partial charge >= 0.3 is 39.5 Å². The number of aliphatic hydroxyl groups is 1. The fourth-order valence-electron chi connectivity index (χ4n) is 9.91. The van der Waals surface area contributed by atoms with Gasteiger partial charge in [-0.05, 0) is 141 Å². The Balaban J connectivity index is 5.37. The highest BCUT2D eigenvalue weighted by Crippen LogP contribution is 2.45. The summed E-state index contributed by atoms with van der Waals surface area (Å²) < 4.78 is 68.4. The zero-order valence-electron chi connectivity index (χ0n) is 61.4. The Kier molecular flexibility index (Phi) is 68.0. The van der Waals surface area contributed by atoms with Gasteiger partial charge in [0.1, 0.15) is 19.3 Å². The maximum atomic E-state index is 13.1. The monoisotopic (exact) mass is 1420 g/mol. The van der Waals surface area contributed by atoms with Crippen LogP contribution in [0.5, 0.6) is 0 Å². The molecule has 0 amide bonds. The zero-order valence-corrected chi connectivity index (χ0v) is 63.2. The van der Waals surface area contributed by atoms with Gasteiger partial charge in [-0.15, -0.1) is 0 Å². The number of unbranched alkanes of at least 4 members (excludes halogenated alkanes) is 27. The van der Waals surface area contributed by atoms with Gasteiger partial charge in [0.25, 0.3) is 0 Å². The van der Waals surface area contributed by atoms with Crippen LogP contribution in [0, 0.1) is 0 Å². The number of hydrogen-bond acceptors (Lipinski definition) is 15. The van der Waals surface area contributed by atoms with Gasteiger partial charge in [0.15, 0.2) is 12.2 Å². The van der Waals surface area contributed by atoms with Gasteiger partial charge in [-0.25, -0.2) is 9.13 Å². The van der Waals surface area contributed by atoms with E-state index >= 15 is 0 Å². The topological polar surface area (TPSA) is 237 Å². The molecule has 0 bridgehead atoms. The van der Waals surface area contributed by atoms with Crippen molar-refractivity contribution in [3.05, 3.63) is 109 Å². The van der Waals surface area contributed by atoms with Crippen LogP contribution in [0.4, 0.5) is 0 Å². The summed E-state index contributed by atoms with van der Waals surface area (Å²) in [4.78, 5) is 72.8. The number of aliphatic hydroxyl groups excluding tert-OH is 1. The van der Waals surface area contributed by atoms with E-state index in [2.05, 4.69) is 137 Å². The molecule has 0 spiro atoms. The molecule has 0 aromatic carbocycles. The molecule has 0 aromatic heterocycles. The summed E-state index contributed by atoms with van der Waals surface area (Å²) in [6.45, 7) is 4.53. The second-order valence-corrected chi connectivity index (χ2v) is 28.1. The highest BCUT2D eigenvalue weighted by Gasteiger charge is 2.30. The number of ether oxygens (including phenoxy) is 4. The van der Waals surface area contributed by atoms with Crippen LogP contribution in [-0.2, 0) is 65.4 Å². The van der Waals surface area contributed by atoms with Crippen LogP contribution in [0.15, 0.2) is 109 Å². The van der Waals surface area contributed by atoms with Gasteiger partial charge in [0.05, 0.1) is 26.4 Å². The standard InChI is InChI=1S/C79H136O17P2/c1-5-9-13-17-21-25-29-32-35-36-39-41-45-48-52-56-60-64-77(82)90-70-75(96-79(84)66-62-58-54-50-46-42-38-34-31-27-23-19-15-11-7-3)72-94-98(87,88)92-68-73(80)67-91-97(85,86)93-71-74(95-78(83)65-61-57-53-49-43-28-24-20-16-12-8-4)69-89-76(81)63-59-55-51-47-44-40-37-33-30-26-22-18-14-10-6-2/h9,11,13,15,20-21,23-25,27,32-35,37-38,46,50,73-75,80H,5-8,10,12,14,16-19,22,26,28-31,36,39-45,47-49,51-72H2,1-4H3,(H,85,86)(H,87,88)/b13-9-,15-11-,24-20-,25-21-,27-23-,35-32-,37-33-,38-34-,50-46-. The maximum Gasteiger partial charge on any atom is 0.472 e. The van der Waals surface area contributed by atoms with Crippen LogP contribution in [0.2, 0.25) is 0 Å². The van der Waals surface area contributed by atoms with E-state index in [1.54, 1.807) is 0 Å². The number of hydrogen-bond donors (Lipinski definition) is 3. The number of esters is 4. The number of rotatable bonds is 71. The molecule has 3 N–H and O–H groups in total. The van der Waals surface area contributed by atoms with Gasteiger partial charge < -0.3 is 33.8 Å². The lowest BCUT2D eigenvalue weighted by atomic mass is 10.1. The second-order valence-electron chi connectivity index (χ2n) is 25.2. The fraction of sp³-hybridized carbons (Fsp3) is 0.722. The molecule has 17 nitrogen and oxygen atoms in total. The quantitative estimate of drug-likeness (QED) is 0.0169. The minimum absolute atomic E-state index is 0.0389. The Morgan fingerprint density at radius 2 is 0.541 bits per heavy atom. The Labute approximate surface area is 594 Å². The largest absolute Gasteiger partial charge is 0.472 e. The molecule has 0 aromatic rings. The van der Waals surface area contributed by atoms with Gasteiger partial charge in [-0.2, -0.15) is 0 Å². The molecule has 0 radical (unpaired) electrons. The van der Waals surface area contributed by atoms with Crippen molar-refractivity contribution in [2.24, 2.45) is 0 Å². The van der Waals surface area contributed by atoms with Crippen molar-refractivity contribution in [1.29, 1.82) is 0 Å². The first kappa shape index (κ1) is 93.7. The highest BCUT2D eigenvalue weighted by atomic mass is 31.2. The molecule has 0 heterocycles. The molecule has 5 unspecified atom stereocenters. The number of allylic oxidation sites excluding steroid dienone is 18. The van der Waals surface area contributed by atoms with E-state index in [9.17, 15) is 43.2 Å². The van der Waals surface area contributed by atoms with Crippen molar-refractivity contribution in [1.82, 2.24) is 0 Å². The van der Waals surface area contributed by atoms with Gasteiger partial charge in [0.2, 0.25) is 0 Å². The van der Waals surface area contributed by atoms with Crippen molar-refractivity contribution in [3.8, 4) is 0 Å². The van der Waals surface area contributed by atoms with E-state index in [1.807, 2.05) is 0 Å². The Hall–Kier alpha value is -4.28. The molecule has 0 fully saturated rings. The van der Waals surface area contributed by atoms with Crippen LogP contribution in [0.25, 0.3) is 0 Å². The summed E-state index contributed by atoms with van der Waals surface area (Å²) in [6.07, 6.45) is 75.2. The van der Waals surface area contributed by atoms with E-state index < -0.39 is 97.5 Å². The van der Waals surface area contributed by atoms with Crippen LogP contribution < -0.4 is 0 Å². The molecule has 0 aliphatic heterocycles. The first-order chi connectivity index (χ1) is 47.7.